The van der Waals surface area contributed by atoms with Crippen LogP contribution in [-0.4, -0.2) is 49.5 Å². The number of amides is 1. The molecule has 0 aromatic rings. The summed E-state index contributed by atoms with van der Waals surface area (Å²) in [6.07, 6.45) is 0. The summed E-state index contributed by atoms with van der Waals surface area (Å²) < 4.78 is 5.46. The molecule has 0 spiro atoms. The number of carbonyl (C=O) groups excluding carboxylic acids is 1. The molecule has 1 aliphatic rings. The first kappa shape index (κ1) is 12.4. The zero-order valence-corrected chi connectivity index (χ0v) is 9.38. The molecule has 0 saturated carbocycles. The van der Waals surface area contributed by atoms with Crippen LogP contribution in [0.25, 0.3) is 0 Å². The fourth-order valence-electron chi connectivity index (χ4n) is 1.22. The quantitative estimate of drug-likeness (QED) is 0.538. The van der Waals surface area contributed by atoms with E-state index in [0.29, 0.717) is 6.54 Å². The van der Waals surface area contributed by atoms with Crippen molar-refractivity contribution >= 4 is 5.91 Å². The number of hydrogen-bond acceptors (Lipinski definition) is 4. The van der Waals surface area contributed by atoms with Crippen molar-refractivity contribution in [2.24, 2.45) is 5.92 Å². The molecular formula is C10H20N2O3. The van der Waals surface area contributed by atoms with E-state index in [2.05, 4.69) is 10.6 Å². The Morgan fingerprint density at radius 1 is 1.67 bits per heavy atom. The van der Waals surface area contributed by atoms with E-state index in [1.165, 1.54) is 0 Å². The lowest BCUT2D eigenvalue weighted by atomic mass is 10.0. The van der Waals surface area contributed by atoms with Crippen molar-refractivity contribution in [3.05, 3.63) is 0 Å². The largest absolute Gasteiger partial charge is 0.396 e. The van der Waals surface area contributed by atoms with Crippen LogP contribution in [0.4, 0.5) is 0 Å². The first-order chi connectivity index (χ1) is 7.06. The van der Waals surface area contributed by atoms with Gasteiger partial charge in [0.2, 0.25) is 5.91 Å². The second kappa shape index (κ2) is 5.44. The summed E-state index contributed by atoms with van der Waals surface area (Å²) in [6, 6.07) is 0. The van der Waals surface area contributed by atoms with Gasteiger partial charge in [-0.1, -0.05) is 6.92 Å². The highest BCUT2D eigenvalue weighted by Crippen LogP contribution is 2.14. The fraction of sp³-hybridized carbons (Fsp3) is 0.900. The molecule has 1 saturated heterocycles. The average molecular weight is 216 g/mol. The SMILES string of the molecule is CC(CO)CNC(=O)COC1(C)CNC1. The van der Waals surface area contributed by atoms with Crippen LogP contribution >= 0.6 is 0 Å². The summed E-state index contributed by atoms with van der Waals surface area (Å²) in [5.74, 6) is -0.0293. The number of ether oxygens (including phenoxy) is 1. The number of aliphatic hydroxyl groups excluding tert-OH is 1. The maximum absolute atomic E-state index is 11.3. The van der Waals surface area contributed by atoms with E-state index >= 15 is 0 Å². The fourth-order valence-corrected chi connectivity index (χ4v) is 1.22. The Kier molecular flexibility index (Phi) is 4.50. The molecule has 3 N–H and O–H groups in total. The minimum atomic E-state index is -0.181. The van der Waals surface area contributed by atoms with Gasteiger partial charge in [0.1, 0.15) is 6.61 Å². The number of carbonyl (C=O) groups is 1. The minimum absolute atomic E-state index is 0.0861. The third kappa shape index (κ3) is 4.15. The highest BCUT2D eigenvalue weighted by molar-refractivity contribution is 5.77. The number of hydrogen-bond donors (Lipinski definition) is 3. The van der Waals surface area contributed by atoms with Crippen LogP contribution < -0.4 is 10.6 Å². The Hall–Kier alpha value is -0.650. The van der Waals surface area contributed by atoms with E-state index in [0.717, 1.165) is 13.1 Å². The number of aliphatic hydroxyl groups is 1. The summed E-state index contributed by atoms with van der Waals surface area (Å²) in [7, 11) is 0. The van der Waals surface area contributed by atoms with E-state index < -0.39 is 0 Å². The number of rotatable bonds is 6. The topological polar surface area (TPSA) is 70.6 Å². The van der Waals surface area contributed by atoms with Gasteiger partial charge in [0.05, 0.1) is 5.60 Å². The van der Waals surface area contributed by atoms with E-state index in [4.69, 9.17) is 9.84 Å². The molecule has 1 rings (SSSR count). The van der Waals surface area contributed by atoms with Crippen molar-refractivity contribution in [1.29, 1.82) is 0 Å². The minimum Gasteiger partial charge on any atom is -0.396 e. The van der Waals surface area contributed by atoms with Gasteiger partial charge < -0.3 is 20.5 Å². The zero-order chi connectivity index (χ0) is 11.3. The molecule has 1 unspecified atom stereocenters. The van der Waals surface area contributed by atoms with Crippen molar-refractivity contribution in [3.63, 3.8) is 0 Å². The third-order valence-corrected chi connectivity index (χ3v) is 2.51. The molecule has 1 fully saturated rings. The van der Waals surface area contributed by atoms with Gasteiger partial charge in [-0.05, 0) is 12.8 Å². The second-order valence-electron chi connectivity index (χ2n) is 4.43. The van der Waals surface area contributed by atoms with Crippen LogP contribution in [0.3, 0.4) is 0 Å². The smallest absolute Gasteiger partial charge is 0.246 e. The normalized spacial score (nSPS) is 20.5. The summed E-state index contributed by atoms with van der Waals surface area (Å²) in [5.41, 5.74) is -0.181. The van der Waals surface area contributed by atoms with Crippen molar-refractivity contribution in [2.45, 2.75) is 19.4 Å². The molecule has 15 heavy (non-hydrogen) atoms. The van der Waals surface area contributed by atoms with Gasteiger partial charge in [0.15, 0.2) is 0 Å². The molecule has 0 aliphatic carbocycles. The van der Waals surface area contributed by atoms with E-state index in [1.54, 1.807) is 0 Å². The molecule has 0 aromatic carbocycles. The molecule has 5 nitrogen and oxygen atoms in total. The molecular weight excluding hydrogens is 196 g/mol. The lowest BCUT2D eigenvalue weighted by Crippen LogP contribution is -2.59. The first-order valence-corrected chi connectivity index (χ1v) is 5.28. The van der Waals surface area contributed by atoms with Crippen LogP contribution in [0.1, 0.15) is 13.8 Å². The zero-order valence-electron chi connectivity index (χ0n) is 9.38. The van der Waals surface area contributed by atoms with E-state index in [1.807, 2.05) is 13.8 Å². The van der Waals surface area contributed by atoms with Gasteiger partial charge in [-0.25, -0.2) is 0 Å². The molecule has 1 heterocycles. The Morgan fingerprint density at radius 3 is 2.80 bits per heavy atom. The van der Waals surface area contributed by atoms with E-state index in [9.17, 15) is 4.79 Å². The Bertz CT molecular complexity index is 217. The lowest BCUT2D eigenvalue weighted by Gasteiger charge is -2.38. The van der Waals surface area contributed by atoms with Crippen LogP contribution in [-0.2, 0) is 9.53 Å². The summed E-state index contributed by atoms with van der Waals surface area (Å²) in [4.78, 5) is 11.3. The molecule has 88 valence electrons. The average Bonchev–Trinajstić information content (AvgIpc) is 2.20. The van der Waals surface area contributed by atoms with Crippen LogP contribution in [0, 0.1) is 5.92 Å². The molecule has 1 amide bonds. The van der Waals surface area contributed by atoms with Gasteiger partial charge >= 0.3 is 0 Å². The van der Waals surface area contributed by atoms with Crippen LogP contribution in [0.15, 0.2) is 0 Å². The standard InChI is InChI=1S/C10H20N2O3/c1-8(4-13)3-12-9(14)5-15-10(2)6-11-7-10/h8,11,13H,3-7H2,1-2H3,(H,12,14). The highest BCUT2D eigenvalue weighted by Gasteiger charge is 2.32. The van der Waals surface area contributed by atoms with Crippen molar-refractivity contribution in [3.8, 4) is 0 Å². The molecule has 0 radical (unpaired) electrons. The maximum atomic E-state index is 11.3. The van der Waals surface area contributed by atoms with Gasteiger partial charge in [0.25, 0.3) is 0 Å². The molecule has 0 aromatic heterocycles. The molecule has 5 heteroatoms. The predicted octanol–water partition coefficient (Wildman–Crippen LogP) is -0.890. The molecule has 1 aliphatic heterocycles. The van der Waals surface area contributed by atoms with Crippen LogP contribution in [0.2, 0.25) is 0 Å². The predicted molar refractivity (Wildman–Crippen MR) is 56.5 cm³/mol. The Labute approximate surface area is 90.2 Å². The van der Waals surface area contributed by atoms with Gasteiger partial charge in [0, 0.05) is 26.2 Å². The van der Waals surface area contributed by atoms with E-state index in [-0.39, 0.29) is 30.6 Å². The maximum Gasteiger partial charge on any atom is 0.246 e. The van der Waals surface area contributed by atoms with Crippen LogP contribution in [0.5, 0.6) is 0 Å². The molecule has 1 atom stereocenters. The highest BCUT2D eigenvalue weighted by atomic mass is 16.5. The van der Waals surface area contributed by atoms with Crippen molar-refractivity contribution in [1.82, 2.24) is 10.6 Å². The first-order valence-electron chi connectivity index (χ1n) is 5.28. The van der Waals surface area contributed by atoms with Crippen molar-refractivity contribution in [2.75, 3.05) is 32.8 Å². The Morgan fingerprint density at radius 2 is 2.33 bits per heavy atom. The monoisotopic (exact) mass is 216 g/mol. The van der Waals surface area contributed by atoms with Gasteiger partial charge in [-0.15, -0.1) is 0 Å². The lowest BCUT2D eigenvalue weighted by molar-refractivity contribution is -0.136. The second-order valence-corrected chi connectivity index (χ2v) is 4.43. The Balaban J connectivity index is 2.08. The van der Waals surface area contributed by atoms with Crippen molar-refractivity contribution < 1.29 is 14.6 Å². The summed E-state index contributed by atoms with van der Waals surface area (Å²) in [5, 5.41) is 14.6. The number of nitrogens with one attached hydrogen (secondary N) is 2. The van der Waals surface area contributed by atoms with Gasteiger partial charge in [-0.3, -0.25) is 4.79 Å². The summed E-state index contributed by atoms with van der Waals surface area (Å²) >= 11 is 0. The molecule has 0 bridgehead atoms. The summed E-state index contributed by atoms with van der Waals surface area (Å²) in [6.45, 7) is 6.12. The van der Waals surface area contributed by atoms with Gasteiger partial charge in [-0.2, -0.15) is 0 Å². The third-order valence-electron chi connectivity index (χ3n) is 2.51.